The minimum atomic E-state index is -0.820. The Bertz CT molecular complexity index is 2250. The van der Waals surface area contributed by atoms with E-state index in [1.54, 1.807) is 35.4 Å². The third-order valence-electron chi connectivity index (χ3n) is 18.6. The first kappa shape index (κ1) is 48.5. The molecule has 2 saturated carbocycles. The molecule has 12 heteroatoms. The summed E-state index contributed by atoms with van der Waals surface area (Å²) in [5, 5.41) is 11.7. The van der Waals surface area contributed by atoms with E-state index in [0.717, 1.165) is 93.9 Å². The van der Waals surface area contributed by atoms with Gasteiger partial charge in [-0.25, -0.2) is 0 Å². The number of likely N-dealkylation sites (tertiary alicyclic amines) is 2. The smallest absolute Gasteiger partial charge is 1.00 e. The number of benzene rings is 2. The van der Waals surface area contributed by atoms with Crippen LogP contribution < -0.4 is 42.9 Å². The number of carbonyl (C=O) groups is 1. The van der Waals surface area contributed by atoms with E-state index in [2.05, 4.69) is 80.2 Å². The number of halogens is 1. The Balaban J connectivity index is 0.000000161. The van der Waals surface area contributed by atoms with Crippen molar-refractivity contribution in [2.75, 3.05) is 55.6 Å². The fraction of sp³-hybridized carbons (Fsp3) is 0.654. The molecule has 4 aliphatic heterocycles. The number of piperidine rings is 2. The summed E-state index contributed by atoms with van der Waals surface area (Å²) in [5.74, 6) is 3.39. The van der Waals surface area contributed by atoms with Crippen LogP contribution >= 0.6 is 0 Å². The van der Waals surface area contributed by atoms with Crippen molar-refractivity contribution in [3.63, 3.8) is 0 Å². The number of fused-ring (bicyclic) bond motifs is 2. The Kier molecular flexibility index (Phi) is 12.4. The van der Waals surface area contributed by atoms with Gasteiger partial charge in [0.2, 0.25) is 0 Å². The molecule has 13 atom stereocenters. The maximum Gasteiger partial charge on any atom is 2.00 e. The number of likely N-dealkylation sites (N-methyl/N-ethyl adjacent to an activating group) is 2. The number of aliphatic hydroxyl groups is 1. The zero-order valence-electron chi connectivity index (χ0n) is 39.9. The van der Waals surface area contributed by atoms with Crippen LogP contribution in [0.3, 0.4) is 0 Å². The standard InChI is InChI=1S/C26H35NO4.C23H27NO4.C3H7.HI.Mg/c1-6-9-23(2,28)18-15-24-10-11-26(18,30-5)22-25(24)12-13-27(3)19(24)14-16-7-8-17(29-4)21(31-22)20(16)25;1-13(25)15-12-21-7-8-23(15,27-4)20-22(21)9-10-24(2)17(21)11-14-5-6-16(26-3)19(28-20)18(14)22;1-3-2;;/h7-8,10-11,18-19,22,28H,6,9,12-15H2,1-5H3;5-8,15,17,20H,9-12H2,1-4H3;1,3H2,2H3;1H;/q;;-1;;+2/p-1/t18-,19-,22-,23?,24-,25?,26-;15-,17-,20-,21-,22+,23-;;;/m11.../s1. The van der Waals surface area contributed by atoms with Crippen molar-refractivity contribution in [3.8, 4) is 23.0 Å². The summed E-state index contributed by atoms with van der Waals surface area (Å²) in [5.41, 5.74) is 2.80. The van der Waals surface area contributed by atoms with Gasteiger partial charge in [-0.05, 0) is 109 Å². The zero-order valence-corrected chi connectivity index (χ0v) is 43.4. The van der Waals surface area contributed by atoms with Crippen LogP contribution in [-0.2, 0) is 37.9 Å². The van der Waals surface area contributed by atoms with Gasteiger partial charge in [0.15, 0.2) is 23.0 Å². The summed E-state index contributed by atoms with van der Waals surface area (Å²) in [6.45, 7) is 13.4. The molecule has 2 unspecified atom stereocenters. The molecule has 12 aliphatic rings. The van der Waals surface area contributed by atoms with Gasteiger partial charge >= 0.3 is 23.1 Å². The van der Waals surface area contributed by atoms with E-state index >= 15 is 0 Å². The first-order valence-corrected chi connectivity index (χ1v) is 23.4. The molecule has 2 aromatic rings. The third kappa shape index (κ3) is 5.57. The van der Waals surface area contributed by atoms with E-state index in [9.17, 15) is 9.90 Å². The largest absolute Gasteiger partial charge is 2.00 e. The molecule has 4 spiro atoms. The monoisotopic (exact) mass is 1000 g/mol. The van der Waals surface area contributed by atoms with Gasteiger partial charge in [0, 0.05) is 54.2 Å². The zero-order chi connectivity index (χ0) is 44.0. The quantitative estimate of drug-likeness (QED) is 0.182. The van der Waals surface area contributed by atoms with Crippen LogP contribution in [0.25, 0.3) is 0 Å². The molecule has 2 saturated heterocycles. The summed E-state index contributed by atoms with van der Waals surface area (Å²) in [6.07, 6.45) is 17.4. The fourth-order valence-corrected chi connectivity index (χ4v) is 16.3. The maximum atomic E-state index is 12.8. The molecular weight excluding hydrogens is 932 g/mol. The molecule has 4 fully saturated rings. The molecule has 2 aromatic carbocycles. The minimum absolute atomic E-state index is 0. The number of ether oxygens (including phenoxy) is 6. The Labute approximate surface area is 414 Å². The van der Waals surface area contributed by atoms with E-state index in [0.29, 0.717) is 12.1 Å². The van der Waals surface area contributed by atoms with Gasteiger partial charge in [-0.3, -0.25) is 4.79 Å². The Morgan fingerprint density at radius 1 is 0.797 bits per heavy atom. The SMILES string of the molecule is CCCC(C)(O)[C@H]1C[C@@]23C=C[C@]1(OC)[C@@H]1Oc4c(OC)ccc5c4C12CCN(C)[C@@H]3C5.COc1ccc2c3c1O[C@H]1[C@@]4(OC)C=C[C@@]5(C[C@@H]4C(C)=O)[C@@H](C2)N(C)CC[C@]315.[CH2-]CC.[I-].[Mg+2]. The third-order valence-corrected chi connectivity index (χ3v) is 18.6. The van der Waals surface area contributed by atoms with Crippen LogP contribution in [0, 0.1) is 29.6 Å². The second-order valence-electron chi connectivity index (χ2n) is 20.7. The van der Waals surface area contributed by atoms with Gasteiger partial charge in [-0.1, -0.05) is 56.7 Å². The first-order valence-electron chi connectivity index (χ1n) is 23.4. The predicted molar refractivity (Wildman–Crippen MR) is 244 cm³/mol. The van der Waals surface area contributed by atoms with Crippen molar-refractivity contribution in [3.05, 3.63) is 77.7 Å². The Morgan fingerprint density at radius 2 is 1.25 bits per heavy atom. The van der Waals surface area contributed by atoms with Crippen molar-refractivity contribution in [1.82, 2.24) is 9.80 Å². The van der Waals surface area contributed by atoms with Gasteiger partial charge in [0.1, 0.15) is 29.2 Å². The molecule has 344 valence electrons. The summed E-state index contributed by atoms with van der Waals surface area (Å²) in [6, 6.07) is 9.33. The van der Waals surface area contributed by atoms with Crippen molar-refractivity contribution in [1.29, 1.82) is 0 Å². The number of hydrogen-bond donors (Lipinski definition) is 1. The number of rotatable bonds is 8. The molecule has 8 bridgehead atoms. The van der Waals surface area contributed by atoms with Gasteiger partial charge in [-0.15, -0.1) is 0 Å². The molecular formula is C52H69IMgN2O8. The number of nitrogens with zero attached hydrogens (tertiary/aromatic N) is 2. The molecule has 0 radical (unpaired) electrons. The molecule has 0 amide bonds. The van der Waals surface area contributed by atoms with Crippen LogP contribution in [0.5, 0.6) is 23.0 Å². The van der Waals surface area contributed by atoms with Crippen LogP contribution in [0.15, 0.2) is 48.6 Å². The van der Waals surface area contributed by atoms with Gasteiger partial charge in [-0.2, -0.15) is 6.42 Å². The average Bonchev–Trinajstić information content (AvgIpc) is 3.83. The van der Waals surface area contributed by atoms with Crippen molar-refractivity contribution in [2.24, 2.45) is 22.7 Å². The molecule has 0 aromatic heterocycles. The van der Waals surface area contributed by atoms with Crippen LogP contribution in [0.1, 0.15) is 94.9 Å². The number of carbonyl (C=O) groups excluding carboxylic acids is 1. The summed E-state index contributed by atoms with van der Waals surface area (Å²) in [4.78, 5) is 17.9. The van der Waals surface area contributed by atoms with Crippen molar-refractivity contribution in [2.45, 2.75) is 137 Å². The van der Waals surface area contributed by atoms with E-state index in [1.807, 2.05) is 19.9 Å². The van der Waals surface area contributed by atoms with E-state index in [1.165, 1.54) is 22.3 Å². The fourth-order valence-electron chi connectivity index (χ4n) is 16.3. The average molecular weight is 1000 g/mol. The molecule has 14 rings (SSSR count). The van der Waals surface area contributed by atoms with Crippen LogP contribution in [-0.4, -0.2) is 140 Å². The number of ketones is 1. The second-order valence-corrected chi connectivity index (χ2v) is 20.7. The first-order chi connectivity index (χ1) is 29.7. The van der Waals surface area contributed by atoms with Gasteiger partial charge < -0.3 is 74.2 Å². The molecule has 8 aliphatic carbocycles. The summed E-state index contributed by atoms with van der Waals surface area (Å²) < 4.78 is 37.8. The maximum absolute atomic E-state index is 12.8. The van der Waals surface area contributed by atoms with E-state index in [4.69, 9.17) is 28.4 Å². The van der Waals surface area contributed by atoms with E-state index in [-0.39, 0.29) is 98.5 Å². The number of Topliss-reactive ketones (excluding diaryl/α,β-unsaturated/α-hetero) is 1. The summed E-state index contributed by atoms with van der Waals surface area (Å²) >= 11 is 0. The van der Waals surface area contributed by atoms with Crippen molar-refractivity contribution < 1.29 is 62.3 Å². The molecule has 10 nitrogen and oxygen atoms in total. The number of hydrogen-bond acceptors (Lipinski definition) is 10. The molecule has 1 N–H and O–H groups in total. The van der Waals surface area contributed by atoms with Crippen molar-refractivity contribution >= 4 is 28.8 Å². The van der Waals surface area contributed by atoms with Gasteiger partial charge in [0.25, 0.3) is 0 Å². The Hall–Kier alpha value is -1.91. The topological polar surface area (TPSA) is 99.2 Å². The summed E-state index contributed by atoms with van der Waals surface area (Å²) in [7, 11) is 11.5. The minimum Gasteiger partial charge on any atom is -1.00 e. The molecule has 64 heavy (non-hydrogen) atoms. The predicted octanol–water partition coefficient (Wildman–Crippen LogP) is 3.82. The molecule has 4 heterocycles. The van der Waals surface area contributed by atoms with Crippen LogP contribution in [0.2, 0.25) is 0 Å². The normalized spacial score (nSPS) is 40.6. The van der Waals surface area contributed by atoms with Gasteiger partial charge in [0.05, 0.1) is 36.6 Å². The Morgan fingerprint density at radius 3 is 1.69 bits per heavy atom. The van der Waals surface area contributed by atoms with E-state index < -0.39 is 16.8 Å². The van der Waals surface area contributed by atoms with Crippen LogP contribution in [0.4, 0.5) is 0 Å². The number of methoxy groups -OCH3 is 4. The second kappa shape index (κ2) is 16.4.